The maximum absolute atomic E-state index is 5.58. The number of aromatic nitrogens is 4. The molecule has 9 heteroatoms. The Kier molecular flexibility index (Phi) is 7.12. The minimum Gasteiger partial charge on any atom is -0.497 e. The van der Waals surface area contributed by atoms with E-state index in [4.69, 9.17) is 18.9 Å². The van der Waals surface area contributed by atoms with Gasteiger partial charge in [0.1, 0.15) is 5.75 Å². The van der Waals surface area contributed by atoms with E-state index in [1.54, 1.807) is 33.1 Å². The van der Waals surface area contributed by atoms with E-state index in [0.717, 1.165) is 22.7 Å². The molecule has 1 heterocycles. The van der Waals surface area contributed by atoms with Crippen LogP contribution < -0.4 is 23.8 Å². The number of benzene rings is 3. The van der Waals surface area contributed by atoms with Crippen LogP contribution in [0.4, 0.5) is 5.69 Å². The summed E-state index contributed by atoms with van der Waals surface area (Å²) >= 11 is 0. The summed E-state index contributed by atoms with van der Waals surface area (Å²) in [4.78, 5) is 2.16. The molecule has 0 spiro atoms. The first-order valence-electron chi connectivity index (χ1n) is 10.7. The molecule has 0 unspecified atom stereocenters. The van der Waals surface area contributed by atoms with Crippen molar-refractivity contribution in [2.24, 2.45) is 0 Å². The third-order valence-corrected chi connectivity index (χ3v) is 5.41. The first-order chi connectivity index (χ1) is 16.7. The lowest BCUT2D eigenvalue weighted by Gasteiger charge is -2.26. The van der Waals surface area contributed by atoms with Crippen LogP contribution in [-0.4, -0.2) is 48.6 Å². The molecule has 4 rings (SSSR count). The number of nitrogens with zero attached hydrogens (tertiary/aromatic N) is 5. The second-order valence-electron chi connectivity index (χ2n) is 7.43. The van der Waals surface area contributed by atoms with Crippen LogP contribution in [0.25, 0.3) is 5.69 Å². The van der Waals surface area contributed by atoms with Crippen LogP contribution in [-0.2, 0) is 13.1 Å². The summed E-state index contributed by atoms with van der Waals surface area (Å²) in [6.45, 7) is 1.06. The van der Waals surface area contributed by atoms with Crippen molar-refractivity contribution >= 4 is 5.69 Å². The fourth-order valence-electron chi connectivity index (χ4n) is 3.69. The summed E-state index contributed by atoms with van der Waals surface area (Å²) in [5.74, 6) is 3.13. The topological polar surface area (TPSA) is 83.8 Å². The van der Waals surface area contributed by atoms with Gasteiger partial charge in [-0.25, -0.2) is 0 Å². The minimum atomic E-state index is 0.437. The van der Waals surface area contributed by atoms with E-state index < -0.39 is 0 Å². The van der Waals surface area contributed by atoms with Crippen LogP contribution in [0.5, 0.6) is 23.0 Å². The molecule has 0 amide bonds. The van der Waals surface area contributed by atoms with Gasteiger partial charge in [-0.2, -0.15) is 4.68 Å². The van der Waals surface area contributed by atoms with Crippen LogP contribution in [0, 0.1) is 0 Å². The molecule has 4 aromatic rings. The molecule has 1 aromatic heterocycles. The average Bonchev–Trinajstić information content (AvgIpc) is 3.36. The van der Waals surface area contributed by atoms with Crippen LogP contribution >= 0.6 is 0 Å². The zero-order valence-corrected chi connectivity index (χ0v) is 19.6. The Bertz CT molecular complexity index is 1190. The molecule has 0 radical (unpaired) electrons. The van der Waals surface area contributed by atoms with Gasteiger partial charge >= 0.3 is 0 Å². The SMILES string of the molecule is COc1ccc(-n2nnnc2CN(Cc2ccccc2)c2cc(OC)c(OC)c(OC)c2)cc1. The zero-order valence-electron chi connectivity index (χ0n) is 19.6. The average molecular weight is 462 g/mol. The number of ether oxygens (including phenoxy) is 4. The lowest BCUT2D eigenvalue weighted by atomic mass is 10.1. The predicted octanol–water partition coefficient (Wildman–Crippen LogP) is 3.90. The Morgan fingerprint density at radius 3 is 2.03 bits per heavy atom. The van der Waals surface area contributed by atoms with E-state index in [-0.39, 0.29) is 0 Å². The van der Waals surface area contributed by atoms with E-state index in [1.807, 2.05) is 54.6 Å². The quantitative estimate of drug-likeness (QED) is 0.352. The highest BCUT2D eigenvalue weighted by Crippen LogP contribution is 2.41. The van der Waals surface area contributed by atoms with Crippen LogP contribution in [0.15, 0.2) is 66.7 Å². The third-order valence-electron chi connectivity index (χ3n) is 5.41. The molecule has 0 bridgehead atoms. The molecule has 0 saturated heterocycles. The Labute approximate surface area is 198 Å². The molecule has 0 fully saturated rings. The smallest absolute Gasteiger partial charge is 0.203 e. The van der Waals surface area contributed by atoms with Crippen molar-refractivity contribution in [1.82, 2.24) is 20.2 Å². The van der Waals surface area contributed by atoms with Gasteiger partial charge in [0, 0.05) is 24.4 Å². The molecule has 176 valence electrons. The van der Waals surface area contributed by atoms with E-state index >= 15 is 0 Å². The van der Waals surface area contributed by atoms with Gasteiger partial charge in [0.05, 0.1) is 40.7 Å². The number of tetrazole rings is 1. The van der Waals surface area contributed by atoms with Crippen molar-refractivity contribution < 1.29 is 18.9 Å². The highest BCUT2D eigenvalue weighted by atomic mass is 16.5. The fourth-order valence-corrected chi connectivity index (χ4v) is 3.69. The predicted molar refractivity (Wildman–Crippen MR) is 128 cm³/mol. The first kappa shape index (κ1) is 22.9. The highest BCUT2D eigenvalue weighted by molar-refractivity contribution is 5.63. The van der Waals surface area contributed by atoms with Gasteiger partial charge in [-0.05, 0) is 40.3 Å². The Morgan fingerprint density at radius 2 is 1.44 bits per heavy atom. The molecule has 3 aromatic carbocycles. The van der Waals surface area contributed by atoms with Crippen LogP contribution in [0.2, 0.25) is 0 Å². The lowest BCUT2D eigenvalue weighted by molar-refractivity contribution is 0.324. The maximum Gasteiger partial charge on any atom is 0.203 e. The summed E-state index contributed by atoms with van der Waals surface area (Å²) in [6, 6.07) is 21.6. The monoisotopic (exact) mass is 461 g/mol. The molecule has 0 aliphatic carbocycles. The van der Waals surface area contributed by atoms with Gasteiger partial charge in [0.2, 0.25) is 5.75 Å². The van der Waals surface area contributed by atoms with Crippen LogP contribution in [0.3, 0.4) is 0 Å². The second-order valence-corrected chi connectivity index (χ2v) is 7.43. The summed E-state index contributed by atoms with van der Waals surface area (Å²) in [5, 5.41) is 12.4. The van der Waals surface area contributed by atoms with E-state index in [1.165, 1.54) is 0 Å². The van der Waals surface area contributed by atoms with Crippen molar-refractivity contribution in [3.63, 3.8) is 0 Å². The van der Waals surface area contributed by atoms with Gasteiger partial charge in [-0.1, -0.05) is 30.3 Å². The van der Waals surface area contributed by atoms with Gasteiger partial charge in [-0.15, -0.1) is 5.10 Å². The van der Waals surface area contributed by atoms with Gasteiger partial charge in [0.25, 0.3) is 0 Å². The first-order valence-corrected chi connectivity index (χ1v) is 10.7. The second kappa shape index (κ2) is 10.6. The number of hydrogen-bond donors (Lipinski definition) is 0. The molecule has 0 N–H and O–H groups in total. The molecule has 0 saturated carbocycles. The molecule has 0 aliphatic rings. The Morgan fingerprint density at radius 1 is 0.765 bits per heavy atom. The molecule has 0 atom stereocenters. The van der Waals surface area contributed by atoms with E-state index in [0.29, 0.717) is 36.2 Å². The van der Waals surface area contributed by atoms with Gasteiger partial charge in [-0.3, -0.25) is 0 Å². The van der Waals surface area contributed by atoms with Crippen molar-refractivity contribution in [3.05, 3.63) is 78.1 Å². The zero-order chi connectivity index (χ0) is 23.9. The summed E-state index contributed by atoms with van der Waals surface area (Å²) < 4.78 is 23.6. The van der Waals surface area contributed by atoms with Crippen LogP contribution in [0.1, 0.15) is 11.4 Å². The maximum atomic E-state index is 5.58. The number of methoxy groups -OCH3 is 4. The fraction of sp³-hybridized carbons (Fsp3) is 0.240. The summed E-state index contributed by atoms with van der Waals surface area (Å²) in [7, 11) is 6.43. The van der Waals surface area contributed by atoms with Crippen molar-refractivity contribution in [3.8, 4) is 28.7 Å². The highest BCUT2D eigenvalue weighted by Gasteiger charge is 2.20. The van der Waals surface area contributed by atoms with Crippen molar-refractivity contribution in [2.75, 3.05) is 33.3 Å². The summed E-state index contributed by atoms with van der Waals surface area (Å²) in [6.07, 6.45) is 0. The number of rotatable bonds is 10. The van der Waals surface area contributed by atoms with E-state index in [2.05, 4.69) is 32.6 Å². The molecular formula is C25H27N5O4. The summed E-state index contributed by atoms with van der Waals surface area (Å²) in [5.41, 5.74) is 2.85. The largest absolute Gasteiger partial charge is 0.497 e. The van der Waals surface area contributed by atoms with E-state index in [9.17, 15) is 0 Å². The molecule has 34 heavy (non-hydrogen) atoms. The molecule has 9 nitrogen and oxygen atoms in total. The lowest BCUT2D eigenvalue weighted by Crippen LogP contribution is -2.24. The Hall–Kier alpha value is -4.27. The number of hydrogen-bond acceptors (Lipinski definition) is 8. The molecule has 0 aliphatic heterocycles. The van der Waals surface area contributed by atoms with Crippen molar-refractivity contribution in [1.29, 1.82) is 0 Å². The number of anilines is 1. The standard InChI is InChI=1S/C25H27N5O4/c1-31-21-12-10-19(11-13-21)30-24(26-27-28-30)17-29(16-18-8-6-5-7-9-18)20-14-22(32-2)25(34-4)23(15-20)33-3/h5-15H,16-17H2,1-4H3. The van der Waals surface area contributed by atoms with Gasteiger partial charge in [0.15, 0.2) is 17.3 Å². The molecular weight excluding hydrogens is 434 g/mol. The Balaban J connectivity index is 1.73. The van der Waals surface area contributed by atoms with Gasteiger partial charge < -0.3 is 23.8 Å². The normalized spacial score (nSPS) is 10.6. The third kappa shape index (κ3) is 4.88. The van der Waals surface area contributed by atoms with Crippen molar-refractivity contribution in [2.45, 2.75) is 13.1 Å². The minimum absolute atomic E-state index is 0.437.